The molecule has 0 spiro atoms. The van der Waals surface area contributed by atoms with Crippen LogP contribution in [0.5, 0.6) is 0 Å². The Hall–Kier alpha value is -2.93. The molecule has 7 nitrogen and oxygen atoms in total. The van der Waals surface area contributed by atoms with Gasteiger partial charge < -0.3 is 10.3 Å². The van der Waals surface area contributed by atoms with Gasteiger partial charge in [-0.3, -0.25) is 14.5 Å². The Balaban J connectivity index is 1.20. The van der Waals surface area contributed by atoms with Crippen molar-refractivity contribution in [3.8, 4) is 0 Å². The van der Waals surface area contributed by atoms with Gasteiger partial charge >= 0.3 is 0 Å². The van der Waals surface area contributed by atoms with Crippen molar-refractivity contribution in [3.05, 3.63) is 63.7 Å². The van der Waals surface area contributed by atoms with Gasteiger partial charge in [0.25, 0.3) is 11.5 Å². The summed E-state index contributed by atoms with van der Waals surface area (Å²) in [7, 11) is 0. The quantitative estimate of drug-likeness (QED) is 0.643. The molecule has 5 rings (SSSR count). The zero-order valence-corrected chi connectivity index (χ0v) is 17.8. The van der Waals surface area contributed by atoms with E-state index in [1.807, 2.05) is 30.3 Å². The second-order valence-corrected chi connectivity index (χ2v) is 8.70. The van der Waals surface area contributed by atoms with Gasteiger partial charge in [-0.25, -0.2) is 4.68 Å². The summed E-state index contributed by atoms with van der Waals surface area (Å²) in [5.41, 5.74) is 3.77. The number of nitrogens with zero attached hydrogens (tertiary/aromatic N) is 3. The van der Waals surface area contributed by atoms with Crippen molar-refractivity contribution < 1.29 is 4.79 Å². The largest absolute Gasteiger partial charge is 0.351 e. The van der Waals surface area contributed by atoms with E-state index in [4.69, 9.17) is 0 Å². The summed E-state index contributed by atoms with van der Waals surface area (Å²) in [6.45, 7) is 2.98. The van der Waals surface area contributed by atoms with E-state index in [2.05, 4.69) is 20.3 Å². The lowest BCUT2D eigenvalue weighted by Gasteiger charge is -2.35. The third kappa shape index (κ3) is 4.28. The predicted octanol–water partition coefficient (Wildman–Crippen LogP) is 2.50. The number of likely N-dealkylation sites (tertiary alicyclic amines) is 1. The molecular weight excluding hydrogens is 390 g/mol. The maximum absolute atomic E-state index is 12.7. The Labute approximate surface area is 181 Å². The summed E-state index contributed by atoms with van der Waals surface area (Å²) in [6.07, 6.45) is 6.42. The lowest BCUT2D eigenvalue weighted by molar-refractivity contribution is 0.0905. The van der Waals surface area contributed by atoms with Crippen LogP contribution in [0, 0.1) is 0 Å². The number of carbonyl (C=O) groups is 1. The standard InChI is InChI=1S/C24H29N5O2/c30-23-15-18-7-5-10-21(18)27-29(23)13-12-28-11-4-3-8-19(28)16-25-24(31)22-14-17-6-1-2-9-20(17)26-22/h1-2,6,9,14-15,19,26H,3-5,7-8,10-13,16H2,(H,25,31). The highest BCUT2D eigenvalue weighted by Gasteiger charge is 2.24. The molecule has 3 aromatic rings. The Bertz CT molecular complexity index is 1120. The number of piperidine rings is 1. The van der Waals surface area contributed by atoms with Crippen molar-refractivity contribution in [3.63, 3.8) is 0 Å². The van der Waals surface area contributed by atoms with Gasteiger partial charge in [0.1, 0.15) is 5.69 Å². The van der Waals surface area contributed by atoms with Gasteiger partial charge in [-0.1, -0.05) is 24.6 Å². The van der Waals surface area contributed by atoms with E-state index in [0.717, 1.165) is 67.4 Å². The number of aromatic amines is 1. The van der Waals surface area contributed by atoms with Crippen LogP contribution in [0.1, 0.15) is 47.4 Å². The average Bonchev–Trinajstić information content (AvgIpc) is 3.42. The third-order valence-electron chi connectivity index (χ3n) is 6.64. The number of para-hydroxylation sites is 1. The summed E-state index contributed by atoms with van der Waals surface area (Å²) in [4.78, 5) is 30.7. The van der Waals surface area contributed by atoms with Crippen molar-refractivity contribution in [2.75, 3.05) is 19.6 Å². The molecule has 1 fully saturated rings. The second kappa shape index (κ2) is 8.67. The van der Waals surface area contributed by atoms with Crippen LogP contribution in [0.2, 0.25) is 0 Å². The number of carbonyl (C=O) groups excluding carboxylic acids is 1. The first-order valence-electron chi connectivity index (χ1n) is 11.4. The molecule has 0 bridgehead atoms. The molecule has 1 aromatic carbocycles. The van der Waals surface area contributed by atoms with Crippen molar-refractivity contribution in [2.24, 2.45) is 0 Å². The van der Waals surface area contributed by atoms with E-state index in [1.165, 1.54) is 6.42 Å². The lowest BCUT2D eigenvalue weighted by Crippen LogP contribution is -2.48. The molecule has 1 aliphatic carbocycles. The molecule has 1 amide bonds. The molecule has 2 N–H and O–H groups in total. The number of aromatic nitrogens is 3. The van der Waals surface area contributed by atoms with E-state index in [0.29, 0.717) is 18.8 Å². The first-order valence-corrected chi connectivity index (χ1v) is 11.4. The fraction of sp³-hybridized carbons (Fsp3) is 0.458. The van der Waals surface area contributed by atoms with Crippen LogP contribution >= 0.6 is 0 Å². The van der Waals surface area contributed by atoms with Gasteiger partial charge in [0.15, 0.2) is 0 Å². The van der Waals surface area contributed by atoms with E-state index in [-0.39, 0.29) is 17.5 Å². The van der Waals surface area contributed by atoms with E-state index in [1.54, 1.807) is 10.7 Å². The van der Waals surface area contributed by atoms with Crippen LogP contribution in [0.25, 0.3) is 10.9 Å². The van der Waals surface area contributed by atoms with Crippen molar-refractivity contribution in [2.45, 2.75) is 51.1 Å². The van der Waals surface area contributed by atoms with Gasteiger partial charge in [0.2, 0.25) is 0 Å². The van der Waals surface area contributed by atoms with E-state index >= 15 is 0 Å². The molecular formula is C24H29N5O2. The van der Waals surface area contributed by atoms with Crippen LogP contribution in [0.4, 0.5) is 0 Å². The lowest BCUT2D eigenvalue weighted by atomic mass is 10.0. The zero-order valence-electron chi connectivity index (χ0n) is 17.8. The summed E-state index contributed by atoms with van der Waals surface area (Å²) in [6, 6.07) is 11.9. The molecule has 1 aliphatic heterocycles. The van der Waals surface area contributed by atoms with E-state index in [9.17, 15) is 9.59 Å². The van der Waals surface area contributed by atoms with Crippen LogP contribution < -0.4 is 10.9 Å². The Morgan fingerprint density at radius 3 is 2.94 bits per heavy atom. The zero-order chi connectivity index (χ0) is 21.2. The average molecular weight is 420 g/mol. The Morgan fingerprint density at radius 1 is 1.13 bits per heavy atom. The molecule has 0 saturated carbocycles. The van der Waals surface area contributed by atoms with Crippen molar-refractivity contribution in [1.29, 1.82) is 0 Å². The molecule has 1 saturated heterocycles. The minimum Gasteiger partial charge on any atom is -0.351 e. The number of benzene rings is 1. The minimum absolute atomic E-state index is 0.00123. The number of aryl methyl sites for hydroxylation is 2. The Kier molecular flexibility index (Phi) is 5.59. The number of fused-ring (bicyclic) bond motifs is 2. The van der Waals surface area contributed by atoms with Gasteiger partial charge in [0.05, 0.1) is 12.2 Å². The predicted molar refractivity (Wildman–Crippen MR) is 120 cm³/mol. The van der Waals surface area contributed by atoms with Crippen LogP contribution in [0.3, 0.4) is 0 Å². The highest BCUT2D eigenvalue weighted by molar-refractivity contribution is 5.97. The first-order chi connectivity index (χ1) is 15.2. The van der Waals surface area contributed by atoms with Crippen molar-refractivity contribution in [1.82, 2.24) is 25.0 Å². The van der Waals surface area contributed by atoms with Gasteiger partial charge in [-0.05, 0) is 56.3 Å². The summed E-state index contributed by atoms with van der Waals surface area (Å²) >= 11 is 0. The van der Waals surface area contributed by atoms with Gasteiger partial charge in [0, 0.05) is 36.1 Å². The summed E-state index contributed by atoms with van der Waals surface area (Å²) in [5, 5.41) is 8.75. The molecule has 2 aromatic heterocycles. The number of H-pyrrole nitrogens is 1. The van der Waals surface area contributed by atoms with E-state index < -0.39 is 0 Å². The number of hydrogen-bond donors (Lipinski definition) is 2. The molecule has 1 atom stereocenters. The van der Waals surface area contributed by atoms with Crippen LogP contribution in [0.15, 0.2) is 41.2 Å². The van der Waals surface area contributed by atoms with Crippen LogP contribution in [-0.2, 0) is 19.4 Å². The summed E-state index contributed by atoms with van der Waals surface area (Å²) in [5.74, 6) is -0.0711. The maximum Gasteiger partial charge on any atom is 0.267 e. The molecule has 1 unspecified atom stereocenters. The topological polar surface area (TPSA) is 83.0 Å². The normalized spacial score (nSPS) is 18.9. The summed E-state index contributed by atoms with van der Waals surface area (Å²) < 4.78 is 1.62. The molecule has 31 heavy (non-hydrogen) atoms. The molecule has 7 heteroatoms. The van der Waals surface area contributed by atoms with Gasteiger partial charge in [-0.2, -0.15) is 5.10 Å². The first kappa shape index (κ1) is 20.0. The highest BCUT2D eigenvalue weighted by Crippen LogP contribution is 2.19. The smallest absolute Gasteiger partial charge is 0.267 e. The number of rotatable bonds is 6. The monoisotopic (exact) mass is 419 g/mol. The fourth-order valence-electron chi connectivity index (χ4n) is 4.91. The second-order valence-electron chi connectivity index (χ2n) is 8.70. The molecule has 2 aliphatic rings. The Morgan fingerprint density at radius 2 is 2.03 bits per heavy atom. The maximum atomic E-state index is 12.7. The van der Waals surface area contributed by atoms with Gasteiger partial charge in [-0.15, -0.1) is 0 Å². The highest BCUT2D eigenvalue weighted by atomic mass is 16.2. The number of hydrogen-bond acceptors (Lipinski definition) is 4. The van der Waals surface area contributed by atoms with Crippen molar-refractivity contribution >= 4 is 16.8 Å². The number of nitrogens with one attached hydrogen (secondary N) is 2. The SMILES string of the molecule is O=C(NCC1CCCCN1CCn1nc2c(cc1=O)CCC2)c1cc2ccccc2[nH]1. The van der Waals surface area contributed by atoms with Crippen LogP contribution in [-0.4, -0.2) is 51.2 Å². The third-order valence-corrected chi connectivity index (χ3v) is 6.64. The number of amides is 1. The molecule has 0 radical (unpaired) electrons. The fourth-order valence-corrected chi connectivity index (χ4v) is 4.91. The molecule has 162 valence electrons. The molecule has 3 heterocycles. The minimum atomic E-state index is -0.0711.